The Kier molecular flexibility index (Phi) is 4.75. The summed E-state index contributed by atoms with van der Waals surface area (Å²) >= 11 is 0. The Morgan fingerprint density at radius 1 is 1.21 bits per heavy atom. The average molecular weight is 355 g/mol. The zero-order valence-corrected chi connectivity index (χ0v) is 14.1. The molecule has 0 aromatic heterocycles. The van der Waals surface area contributed by atoms with Crippen molar-refractivity contribution in [3.63, 3.8) is 0 Å². The van der Waals surface area contributed by atoms with Crippen molar-refractivity contribution in [3.05, 3.63) is 28.3 Å². The number of hydrogen-bond acceptors (Lipinski definition) is 6. The Labute approximate surface area is 140 Å². The summed E-state index contributed by atoms with van der Waals surface area (Å²) in [7, 11) is -3.79. The van der Waals surface area contributed by atoms with Crippen LogP contribution in [0.25, 0.3) is 0 Å². The van der Waals surface area contributed by atoms with Crippen LogP contribution in [0.4, 0.5) is 11.4 Å². The zero-order chi connectivity index (χ0) is 17.3. The molecular weight excluding hydrogens is 334 g/mol. The van der Waals surface area contributed by atoms with E-state index in [0.29, 0.717) is 25.3 Å². The van der Waals surface area contributed by atoms with Gasteiger partial charge >= 0.3 is 0 Å². The number of rotatable bonds is 5. The summed E-state index contributed by atoms with van der Waals surface area (Å²) in [5, 5.41) is 20.6. The Morgan fingerprint density at radius 2 is 1.92 bits per heavy atom. The van der Waals surface area contributed by atoms with Crippen LogP contribution >= 0.6 is 0 Å². The molecule has 1 aromatic carbocycles. The molecule has 0 saturated carbocycles. The molecule has 2 aliphatic rings. The van der Waals surface area contributed by atoms with E-state index in [1.54, 1.807) is 0 Å². The monoisotopic (exact) mass is 355 g/mol. The van der Waals surface area contributed by atoms with Crippen molar-refractivity contribution in [1.82, 2.24) is 4.31 Å². The molecule has 0 amide bonds. The van der Waals surface area contributed by atoms with E-state index in [9.17, 15) is 23.6 Å². The highest BCUT2D eigenvalue weighted by Crippen LogP contribution is 2.36. The summed E-state index contributed by atoms with van der Waals surface area (Å²) in [6.45, 7) is 1.44. The lowest BCUT2D eigenvalue weighted by Crippen LogP contribution is -2.35. The first kappa shape index (κ1) is 17.1. The number of benzene rings is 1. The van der Waals surface area contributed by atoms with E-state index in [2.05, 4.69) is 0 Å². The highest BCUT2D eigenvalue weighted by Gasteiger charge is 2.34. The summed E-state index contributed by atoms with van der Waals surface area (Å²) in [5.41, 5.74) is 0.209. The molecule has 2 aliphatic heterocycles. The van der Waals surface area contributed by atoms with Gasteiger partial charge in [0.2, 0.25) is 10.0 Å². The predicted octanol–water partition coefficient (Wildman–Crippen LogP) is 1.34. The van der Waals surface area contributed by atoms with Crippen LogP contribution in [0.1, 0.15) is 25.7 Å². The van der Waals surface area contributed by atoms with Gasteiger partial charge in [0, 0.05) is 31.8 Å². The third-order valence-corrected chi connectivity index (χ3v) is 6.66. The fourth-order valence-electron chi connectivity index (χ4n) is 3.47. The van der Waals surface area contributed by atoms with Gasteiger partial charge < -0.3 is 10.0 Å². The van der Waals surface area contributed by atoms with Gasteiger partial charge in [0.25, 0.3) is 5.69 Å². The van der Waals surface area contributed by atoms with Crippen LogP contribution < -0.4 is 4.90 Å². The standard InChI is InChI=1S/C15H21N3O5S/c19-11-13-4-3-9-17(13)14-6-5-12(18(20)21)10-15(14)24(22,23)16-7-1-2-8-16/h5-6,10,13,19H,1-4,7-9,11H2/t13-/m1/s1. The maximum absolute atomic E-state index is 13.0. The lowest BCUT2D eigenvalue weighted by molar-refractivity contribution is -0.385. The second kappa shape index (κ2) is 6.66. The van der Waals surface area contributed by atoms with E-state index >= 15 is 0 Å². The highest BCUT2D eigenvalue weighted by atomic mass is 32.2. The first-order valence-corrected chi connectivity index (χ1v) is 9.55. The van der Waals surface area contributed by atoms with Gasteiger partial charge in [-0.25, -0.2) is 8.42 Å². The normalized spacial score (nSPS) is 22.2. The molecule has 132 valence electrons. The third-order valence-electron chi connectivity index (χ3n) is 4.73. The average Bonchev–Trinajstić information content (AvgIpc) is 3.25. The molecule has 1 N–H and O–H groups in total. The summed E-state index contributed by atoms with van der Waals surface area (Å²) in [4.78, 5) is 12.3. The Bertz CT molecular complexity index is 731. The van der Waals surface area contributed by atoms with E-state index in [-0.39, 0.29) is 23.2 Å². The molecule has 0 spiro atoms. The van der Waals surface area contributed by atoms with Crippen molar-refractivity contribution in [3.8, 4) is 0 Å². The quantitative estimate of drug-likeness (QED) is 0.631. The molecule has 0 aliphatic carbocycles. The van der Waals surface area contributed by atoms with Crippen LogP contribution in [0, 0.1) is 10.1 Å². The minimum Gasteiger partial charge on any atom is -0.394 e. The number of nitrogens with zero attached hydrogens (tertiary/aromatic N) is 3. The maximum Gasteiger partial charge on any atom is 0.270 e. The van der Waals surface area contributed by atoms with E-state index < -0.39 is 14.9 Å². The lowest BCUT2D eigenvalue weighted by Gasteiger charge is -2.28. The lowest BCUT2D eigenvalue weighted by atomic mass is 10.2. The summed E-state index contributed by atoms with van der Waals surface area (Å²) in [5.74, 6) is 0. The maximum atomic E-state index is 13.0. The molecule has 1 aromatic rings. The van der Waals surface area contributed by atoms with Crippen molar-refractivity contribution < 1.29 is 18.4 Å². The number of non-ortho nitro benzene ring substituents is 1. The number of hydrogen-bond donors (Lipinski definition) is 1. The summed E-state index contributed by atoms with van der Waals surface area (Å²) in [6.07, 6.45) is 3.22. The van der Waals surface area contributed by atoms with Crippen molar-refractivity contribution in [2.75, 3.05) is 31.1 Å². The van der Waals surface area contributed by atoms with Crippen molar-refractivity contribution in [1.29, 1.82) is 0 Å². The van der Waals surface area contributed by atoms with Gasteiger partial charge in [-0.15, -0.1) is 0 Å². The zero-order valence-electron chi connectivity index (χ0n) is 13.3. The molecule has 24 heavy (non-hydrogen) atoms. The minimum atomic E-state index is -3.79. The van der Waals surface area contributed by atoms with E-state index in [0.717, 1.165) is 31.7 Å². The molecule has 3 rings (SSSR count). The number of aliphatic hydroxyl groups is 1. The van der Waals surface area contributed by atoms with Gasteiger partial charge in [-0.3, -0.25) is 10.1 Å². The van der Waals surface area contributed by atoms with Crippen LogP contribution in [0.5, 0.6) is 0 Å². The topological polar surface area (TPSA) is 104 Å². The van der Waals surface area contributed by atoms with Crippen LogP contribution in [-0.4, -0.2) is 55.0 Å². The van der Waals surface area contributed by atoms with Crippen molar-refractivity contribution >= 4 is 21.4 Å². The van der Waals surface area contributed by atoms with Gasteiger partial charge in [0.05, 0.1) is 23.3 Å². The Hall–Kier alpha value is -1.71. The van der Waals surface area contributed by atoms with E-state index in [4.69, 9.17) is 0 Å². The minimum absolute atomic E-state index is 0.0287. The van der Waals surface area contributed by atoms with E-state index in [1.807, 2.05) is 4.90 Å². The van der Waals surface area contributed by atoms with Crippen LogP contribution in [0.15, 0.2) is 23.1 Å². The molecule has 0 unspecified atom stereocenters. The molecule has 0 bridgehead atoms. The fourth-order valence-corrected chi connectivity index (χ4v) is 5.21. The third kappa shape index (κ3) is 2.99. The van der Waals surface area contributed by atoms with Gasteiger partial charge in [-0.05, 0) is 31.7 Å². The number of nitro benzene ring substituents is 1. The fraction of sp³-hybridized carbons (Fsp3) is 0.600. The molecular formula is C15H21N3O5S. The van der Waals surface area contributed by atoms with Crippen LogP contribution in [0.2, 0.25) is 0 Å². The molecule has 1 atom stereocenters. The predicted molar refractivity (Wildman–Crippen MR) is 88.5 cm³/mol. The van der Waals surface area contributed by atoms with Gasteiger partial charge in [-0.2, -0.15) is 4.31 Å². The SMILES string of the molecule is O=[N+]([O-])c1ccc(N2CCC[C@@H]2CO)c(S(=O)(=O)N2CCCC2)c1. The smallest absolute Gasteiger partial charge is 0.270 e. The molecule has 2 saturated heterocycles. The van der Waals surface area contributed by atoms with Crippen LogP contribution in [0.3, 0.4) is 0 Å². The van der Waals surface area contributed by atoms with Crippen molar-refractivity contribution in [2.45, 2.75) is 36.6 Å². The number of sulfonamides is 1. The van der Waals surface area contributed by atoms with Gasteiger partial charge in [0.15, 0.2) is 0 Å². The highest BCUT2D eigenvalue weighted by molar-refractivity contribution is 7.89. The summed E-state index contributed by atoms with van der Waals surface area (Å²) in [6, 6.07) is 3.81. The van der Waals surface area contributed by atoms with Crippen LogP contribution in [-0.2, 0) is 10.0 Å². The molecule has 2 fully saturated rings. The van der Waals surface area contributed by atoms with Gasteiger partial charge in [-0.1, -0.05) is 0 Å². The Balaban J connectivity index is 2.10. The summed E-state index contributed by atoms with van der Waals surface area (Å²) < 4.78 is 27.4. The largest absolute Gasteiger partial charge is 0.394 e. The van der Waals surface area contributed by atoms with E-state index in [1.165, 1.54) is 16.4 Å². The van der Waals surface area contributed by atoms with Crippen molar-refractivity contribution in [2.24, 2.45) is 0 Å². The number of aliphatic hydroxyl groups excluding tert-OH is 1. The second-order valence-electron chi connectivity index (χ2n) is 6.19. The molecule has 9 heteroatoms. The molecule has 8 nitrogen and oxygen atoms in total. The first-order valence-electron chi connectivity index (χ1n) is 8.11. The first-order chi connectivity index (χ1) is 11.4. The van der Waals surface area contributed by atoms with Gasteiger partial charge in [0.1, 0.15) is 4.90 Å². The number of nitro groups is 1. The number of anilines is 1. The molecule has 0 radical (unpaired) electrons. The Morgan fingerprint density at radius 3 is 2.54 bits per heavy atom. The second-order valence-corrected chi connectivity index (χ2v) is 8.10. The molecule has 2 heterocycles.